The second-order valence-electron chi connectivity index (χ2n) is 1.60. The van der Waals surface area contributed by atoms with Gasteiger partial charge >= 0.3 is 5.92 Å². The van der Waals surface area contributed by atoms with Gasteiger partial charge in [-0.15, -0.1) is 0 Å². The highest BCUT2D eigenvalue weighted by Gasteiger charge is 2.33. The van der Waals surface area contributed by atoms with E-state index in [1.54, 1.807) is 0 Å². The normalized spacial score (nSPS) is 11.1. The summed E-state index contributed by atoms with van der Waals surface area (Å²) in [5.41, 5.74) is -1.53. The van der Waals surface area contributed by atoms with Crippen molar-refractivity contribution in [2.45, 2.75) is 5.92 Å². The van der Waals surface area contributed by atoms with Gasteiger partial charge in [0.15, 0.2) is 6.67 Å². The van der Waals surface area contributed by atoms with Gasteiger partial charge in [0.2, 0.25) is 0 Å². The zero-order valence-electron chi connectivity index (χ0n) is 4.86. The Morgan fingerprint density at radius 2 is 2.00 bits per heavy atom. The molecule has 0 heterocycles. The van der Waals surface area contributed by atoms with E-state index in [1.165, 1.54) is 0 Å². The number of carbonyl (C=O) groups is 1. The minimum absolute atomic E-state index is 1.53. The first-order valence-corrected chi connectivity index (χ1v) is 2.26. The van der Waals surface area contributed by atoms with Crippen LogP contribution in [-0.2, 0) is 4.79 Å². The summed E-state index contributed by atoms with van der Waals surface area (Å²) in [4.78, 5) is 9.65. The molecule has 10 heavy (non-hydrogen) atoms. The summed E-state index contributed by atoms with van der Waals surface area (Å²) in [7, 11) is 0. The third-order valence-corrected chi connectivity index (χ3v) is 0.856. The molecule has 2 nitrogen and oxygen atoms in total. The summed E-state index contributed by atoms with van der Waals surface area (Å²) in [5.74, 6) is -6.14. The lowest BCUT2D eigenvalue weighted by atomic mass is 10.2. The number of carboxylic acids is 1. The van der Waals surface area contributed by atoms with E-state index in [2.05, 4.69) is 6.58 Å². The van der Waals surface area contributed by atoms with Gasteiger partial charge in [0.1, 0.15) is 0 Å². The van der Waals surface area contributed by atoms with Crippen molar-refractivity contribution in [3.05, 3.63) is 12.2 Å². The molecule has 0 bridgehead atoms. The first kappa shape index (κ1) is 9.00. The summed E-state index contributed by atoms with van der Waals surface area (Å²) >= 11 is 0. The fourth-order valence-electron chi connectivity index (χ4n) is 0.230. The van der Waals surface area contributed by atoms with Crippen LogP contribution in [0.15, 0.2) is 12.2 Å². The van der Waals surface area contributed by atoms with Crippen LogP contribution < -0.4 is 5.11 Å². The zero-order chi connectivity index (χ0) is 8.36. The third-order valence-electron chi connectivity index (χ3n) is 0.856. The lowest BCUT2D eigenvalue weighted by Gasteiger charge is -2.15. The Bertz CT molecular complexity index is 164. The molecule has 0 aromatic rings. The Balaban J connectivity index is 4.33. The number of carbonyl (C=O) groups excluding carboxylic acids is 1. The quantitative estimate of drug-likeness (QED) is 0.531. The van der Waals surface area contributed by atoms with Crippen molar-refractivity contribution in [1.82, 2.24) is 0 Å². The fourth-order valence-corrected chi connectivity index (χ4v) is 0.230. The predicted molar refractivity (Wildman–Crippen MR) is 25.1 cm³/mol. The molecular weight excluding hydrogens is 149 g/mol. The third kappa shape index (κ3) is 1.75. The minimum Gasteiger partial charge on any atom is -0.545 e. The molecule has 0 aromatic heterocycles. The van der Waals surface area contributed by atoms with Crippen LogP contribution in [0.1, 0.15) is 0 Å². The van der Waals surface area contributed by atoms with Gasteiger partial charge in [-0.3, -0.25) is 0 Å². The maximum Gasteiger partial charge on any atom is 0.302 e. The Labute approximate surface area is 55.0 Å². The number of alkyl halides is 3. The maximum absolute atomic E-state index is 11.9. The second-order valence-corrected chi connectivity index (χ2v) is 1.60. The highest BCUT2D eigenvalue weighted by Crippen LogP contribution is 2.22. The Morgan fingerprint density at radius 1 is 1.60 bits per heavy atom. The molecule has 0 fully saturated rings. The van der Waals surface area contributed by atoms with Crippen molar-refractivity contribution < 1.29 is 23.1 Å². The molecule has 0 aromatic carbocycles. The molecule has 0 aliphatic heterocycles. The van der Waals surface area contributed by atoms with Crippen LogP contribution >= 0.6 is 0 Å². The number of aliphatic carboxylic acids is 1. The van der Waals surface area contributed by atoms with E-state index in [0.29, 0.717) is 0 Å². The van der Waals surface area contributed by atoms with Gasteiger partial charge in [-0.1, -0.05) is 6.58 Å². The molecule has 0 rings (SSSR count). The van der Waals surface area contributed by atoms with Crippen molar-refractivity contribution in [1.29, 1.82) is 0 Å². The van der Waals surface area contributed by atoms with Crippen molar-refractivity contribution in [3.8, 4) is 0 Å². The SMILES string of the molecule is C=C(C(=O)[O-])C(F)(F)CF. The van der Waals surface area contributed by atoms with Crippen LogP contribution in [0, 0.1) is 0 Å². The standard InChI is InChI=1S/C5H5F3O2/c1-3(4(9)10)5(7,8)2-6/h1-2H2,(H,9,10)/p-1. The van der Waals surface area contributed by atoms with Crippen LogP contribution in [0.2, 0.25) is 0 Å². The molecule has 0 N–H and O–H groups in total. The van der Waals surface area contributed by atoms with E-state index in [-0.39, 0.29) is 0 Å². The van der Waals surface area contributed by atoms with Crippen LogP contribution in [0.5, 0.6) is 0 Å². The molecule has 58 valence electrons. The summed E-state index contributed by atoms with van der Waals surface area (Å²) in [6.45, 7) is 0.375. The summed E-state index contributed by atoms with van der Waals surface area (Å²) < 4.78 is 35.1. The highest BCUT2D eigenvalue weighted by atomic mass is 19.3. The molecule has 0 aliphatic rings. The first-order chi connectivity index (χ1) is 4.41. The van der Waals surface area contributed by atoms with Gasteiger partial charge in [-0.25, -0.2) is 4.39 Å². The Morgan fingerprint density at radius 3 is 2.10 bits per heavy atom. The lowest BCUT2D eigenvalue weighted by molar-refractivity contribution is -0.301. The van der Waals surface area contributed by atoms with Gasteiger partial charge in [-0.05, 0) is 0 Å². The number of carboxylic acid groups (broad SMARTS) is 1. The number of hydrogen-bond donors (Lipinski definition) is 0. The average Bonchev–Trinajstić information content (AvgIpc) is 1.86. The van der Waals surface area contributed by atoms with Crippen LogP contribution in [0.25, 0.3) is 0 Å². The Kier molecular flexibility index (Phi) is 2.45. The molecule has 0 saturated carbocycles. The smallest absolute Gasteiger partial charge is 0.302 e. The molecular formula is C5H4F3O2-. The second kappa shape index (κ2) is 2.72. The van der Waals surface area contributed by atoms with Crippen LogP contribution in [-0.4, -0.2) is 18.6 Å². The van der Waals surface area contributed by atoms with E-state index in [0.717, 1.165) is 0 Å². The topological polar surface area (TPSA) is 40.1 Å². The molecule has 0 unspecified atom stereocenters. The van der Waals surface area contributed by atoms with Gasteiger partial charge in [0, 0.05) is 5.57 Å². The molecule has 0 radical (unpaired) electrons. The predicted octanol–water partition coefficient (Wildman–Crippen LogP) is -0.103. The number of rotatable bonds is 3. The van der Waals surface area contributed by atoms with Crippen molar-refractivity contribution in [2.75, 3.05) is 6.67 Å². The van der Waals surface area contributed by atoms with Crippen LogP contribution in [0.3, 0.4) is 0 Å². The van der Waals surface area contributed by atoms with Crippen LogP contribution in [0.4, 0.5) is 13.2 Å². The van der Waals surface area contributed by atoms with Crippen molar-refractivity contribution in [2.24, 2.45) is 0 Å². The summed E-state index contributed by atoms with van der Waals surface area (Å²) in [6.07, 6.45) is 0. The summed E-state index contributed by atoms with van der Waals surface area (Å²) in [6, 6.07) is 0. The molecule has 0 saturated heterocycles. The number of hydrogen-bond acceptors (Lipinski definition) is 2. The van der Waals surface area contributed by atoms with E-state index in [4.69, 9.17) is 0 Å². The van der Waals surface area contributed by atoms with E-state index < -0.39 is 24.1 Å². The monoisotopic (exact) mass is 153 g/mol. The summed E-state index contributed by atoms with van der Waals surface area (Å²) in [5, 5.41) is 9.65. The van der Waals surface area contributed by atoms with Crippen molar-refractivity contribution in [3.63, 3.8) is 0 Å². The Hall–Kier alpha value is -1.00. The maximum atomic E-state index is 11.9. The largest absolute Gasteiger partial charge is 0.545 e. The van der Waals surface area contributed by atoms with Gasteiger partial charge < -0.3 is 9.90 Å². The number of halogens is 3. The highest BCUT2D eigenvalue weighted by molar-refractivity contribution is 5.85. The molecule has 5 heteroatoms. The molecule has 0 aliphatic carbocycles. The zero-order valence-corrected chi connectivity index (χ0v) is 4.86. The van der Waals surface area contributed by atoms with Crippen molar-refractivity contribution >= 4 is 5.97 Å². The van der Waals surface area contributed by atoms with E-state index >= 15 is 0 Å². The minimum atomic E-state index is -4.00. The van der Waals surface area contributed by atoms with E-state index in [1.807, 2.05) is 0 Å². The molecule has 0 spiro atoms. The molecule has 0 amide bonds. The van der Waals surface area contributed by atoms with Gasteiger partial charge in [0.25, 0.3) is 0 Å². The average molecular weight is 153 g/mol. The molecule has 0 atom stereocenters. The van der Waals surface area contributed by atoms with Gasteiger partial charge in [0.05, 0.1) is 5.97 Å². The van der Waals surface area contributed by atoms with E-state index in [9.17, 15) is 23.1 Å². The fraction of sp³-hybridized carbons (Fsp3) is 0.400. The van der Waals surface area contributed by atoms with Gasteiger partial charge in [-0.2, -0.15) is 8.78 Å². The first-order valence-electron chi connectivity index (χ1n) is 2.26. The lowest BCUT2D eigenvalue weighted by Crippen LogP contribution is -2.35.